The predicted octanol–water partition coefficient (Wildman–Crippen LogP) is 1.96. The third-order valence-electron chi connectivity index (χ3n) is 5.50. The summed E-state index contributed by atoms with van der Waals surface area (Å²) in [6.07, 6.45) is 5.11. The van der Waals surface area contributed by atoms with E-state index in [2.05, 4.69) is 10.2 Å². The highest BCUT2D eigenvalue weighted by Crippen LogP contribution is 2.32. The Labute approximate surface area is 155 Å². The molecule has 0 radical (unpaired) electrons. The van der Waals surface area contributed by atoms with Crippen LogP contribution in [0.25, 0.3) is 0 Å². The Balaban J connectivity index is 1.84. The van der Waals surface area contributed by atoms with Crippen LogP contribution in [-0.2, 0) is 9.59 Å². The van der Waals surface area contributed by atoms with E-state index in [0.29, 0.717) is 0 Å². The van der Waals surface area contributed by atoms with E-state index in [1.54, 1.807) is 14.2 Å². The van der Waals surface area contributed by atoms with Crippen LogP contribution in [0.4, 0.5) is 0 Å². The number of carbonyl (C=O) groups excluding carboxylic acids is 2. The van der Waals surface area contributed by atoms with E-state index >= 15 is 0 Å². The highest BCUT2D eigenvalue weighted by Gasteiger charge is 2.40. The fraction of sp³-hybridized carbons (Fsp3) is 0.600. The van der Waals surface area contributed by atoms with Gasteiger partial charge >= 0.3 is 0 Å². The van der Waals surface area contributed by atoms with Crippen LogP contribution in [0.2, 0.25) is 0 Å². The molecule has 2 fully saturated rings. The topological polar surface area (TPSA) is 61.9 Å². The van der Waals surface area contributed by atoms with Gasteiger partial charge in [-0.2, -0.15) is 0 Å². The van der Waals surface area contributed by atoms with Gasteiger partial charge in [0.1, 0.15) is 11.8 Å². The molecule has 1 N–H and O–H groups in total. The summed E-state index contributed by atoms with van der Waals surface area (Å²) in [5.74, 6) is 0.866. The number of rotatable bonds is 5. The number of likely N-dealkylation sites (N-methyl/N-ethyl adjacent to an activating group) is 1. The van der Waals surface area contributed by atoms with Crippen molar-refractivity contribution in [1.29, 1.82) is 0 Å². The van der Waals surface area contributed by atoms with Crippen LogP contribution in [0.3, 0.4) is 0 Å². The molecule has 6 nitrogen and oxygen atoms in total. The zero-order valence-electron chi connectivity index (χ0n) is 15.7. The first-order chi connectivity index (χ1) is 12.7. The summed E-state index contributed by atoms with van der Waals surface area (Å²) in [6, 6.07) is 6.90. The predicted molar refractivity (Wildman–Crippen MR) is 100.0 cm³/mol. The molecule has 2 heterocycles. The Morgan fingerprint density at radius 3 is 2.38 bits per heavy atom. The number of amides is 2. The SMILES string of the molecule is CNC(=O)[C@@H](c1ccc(OC)cc1)N1CCC[C@H]1C(=O)N1CCCCC1. The summed E-state index contributed by atoms with van der Waals surface area (Å²) < 4.78 is 5.22. The number of piperidine rings is 1. The van der Waals surface area contributed by atoms with Crippen molar-refractivity contribution < 1.29 is 14.3 Å². The zero-order valence-corrected chi connectivity index (χ0v) is 15.7. The van der Waals surface area contributed by atoms with E-state index in [4.69, 9.17) is 4.74 Å². The number of nitrogens with zero attached hydrogens (tertiary/aromatic N) is 2. The summed E-state index contributed by atoms with van der Waals surface area (Å²) in [7, 11) is 3.27. The fourth-order valence-corrected chi connectivity index (χ4v) is 4.10. The molecule has 2 aliphatic rings. The molecule has 2 atom stereocenters. The van der Waals surface area contributed by atoms with Gasteiger partial charge in [0.2, 0.25) is 11.8 Å². The van der Waals surface area contributed by atoms with Crippen LogP contribution < -0.4 is 10.1 Å². The Hall–Kier alpha value is -2.08. The van der Waals surface area contributed by atoms with Crippen molar-refractivity contribution in [2.75, 3.05) is 33.8 Å². The number of carbonyl (C=O) groups is 2. The van der Waals surface area contributed by atoms with Crippen LogP contribution in [0.5, 0.6) is 5.75 Å². The van der Waals surface area contributed by atoms with Crippen molar-refractivity contribution >= 4 is 11.8 Å². The molecular formula is C20H29N3O3. The lowest BCUT2D eigenvalue weighted by atomic mass is 10.0. The van der Waals surface area contributed by atoms with Gasteiger partial charge < -0.3 is 15.0 Å². The van der Waals surface area contributed by atoms with Gasteiger partial charge in [-0.1, -0.05) is 12.1 Å². The highest BCUT2D eigenvalue weighted by molar-refractivity contribution is 5.86. The van der Waals surface area contributed by atoms with E-state index in [9.17, 15) is 9.59 Å². The van der Waals surface area contributed by atoms with E-state index in [-0.39, 0.29) is 17.9 Å². The van der Waals surface area contributed by atoms with E-state index in [0.717, 1.165) is 56.6 Å². The first-order valence-electron chi connectivity index (χ1n) is 9.55. The monoisotopic (exact) mass is 359 g/mol. The van der Waals surface area contributed by atoms with Gasteiger partial charge in [0, 0.05) is 26.7 Å². The first kappa shape index (κ1) is 18.7. The zero-order chi connectivity index (χ0) is 18.5. The molecule has 0 aromatic heterocycles. The molecule has 2 aliphatic heterocycles. The number of nitrogens with one attached hydrogen (secondary N) is 1. The quantitative estimate of drug-likeness (QED) is 0.873. The molecule has 2 amide bonds. The minimum atomic E-state index is -0.452. The van der Waals surface area contributed by atoms with E-state index < -0.39 is 6.04 Å². The first-order valence-corrected chi connectivity index (χ1v) is 9.55. The third kappa shape index (κ3) is 3.85. The Kier molecular flexibility index (Phi) is 6.14. The molecule has 0 bridgehead atoms. The number of benzene rings is 1. The molecule has 0 aliphatic carbocycles. The number of ether oxygens (including phenoxy) is 1. The molecule has 1 aromatic carbocycles. The third-order valence-corrected chi connectivity index (χ3v) is 5.50. The average molecular weight is 359 g/mol. The van der Waals surface area contributed by atoms with E-state index in [1.165, 1.54) is 6.42 Å². The summed E-state index contributed by atoms with van der Waals surface area (Å²) >= 11 is 0. The summed E-state index contributed by atoms with van der Waals surface area (Å²) in [5, 5.41) is 2.77. The standard InChI is InChI=1S/C20H29N3O3/c1-21-19(24)18(15-8-10-16(26-2)11-9-15)23-14-6-7-17(23)20(25)22-12-4-3-5-13-22/h8-11,17-18H,3-7,12-14H2,1-2H3,(H,21,24)/t17-,18+/m0/s1. The second kappa shape index (κ2) is 8.54. The number of likely N-dealkylation sites (tertiary alicyclic amines) is 2. The van der Waals surface area contributed by atoms with Gasteiger partial charge in [-0.3, -0.25) is 14.5 Å². The van der Waals surface area contributed by atoms with Gasteiger partial charge in [-0.25, -0.2) is 0 Å². The summed E-state index contributed by atoms with van der Waals surface area (Å²) in [6.45, 7) is 2.45. The Morgan fingerprint density at radius 1 is 1.08 bits per heavy atom. The van der Waals surface area contributed by atoms with Gasteiger partial charge in [-0.15, -0.1) is 0 Å². The van der Waals surface area contributed by atoms with Gasteiger partial charge in [0.15, 0.2) is 0 Å². The van der Waals surface area contributed by atoms with Crippen molar-refractivity contribution in [3.63, 3.8) is 0 Å². The minimum absolute atomic E-state index is 0.0755. The van der Waals surface area contributed by atoms with Crippen LogP contribution in [-0.4, -0.2) is 61.4 Å². The van der Waals surface area contributed by atoms with Crippen LogP contribution in [0, 0.1) is 0 Å². The number of hydrogen-bond acceptors (Lipinski definition) is 4. The maximum atomic E-state index is 13.1. The maximum absolute atomic E-state index is 13.1. The Morgan fingerprint density at radius 2 is 1.77 bits per heavy atom. The van der Waals surface area contributed by atoms with Crippen molar-refractivity contribution in [3.05, 3.63) is 29.8 Å². The van der Waals surface area contributed by atoms with Gasteiger partial charge in [-0.05, 0) is 49.8 Å². The lowest BCUT2D eigenvalue weighted by molar-refractivity contribution is -0.139. The second-order valence-corrected chi connectivity index (χ2v) is 7.07. The van der Waals surface area contributed by atoms with Crippen molar-refractivity contribution in [2.24, 2.45) is 0 Å². The van der Waals surface area contributed by atoms with Crippen molar-refractivity contribution in [3.8, 4) is 5.75 Å². The van der Waals surface area contributed by atoms with Crippen LogP contribution in [0.1, 0.15) is 43.7 Å². The largest absolute Gasteiger partial charge is 0.497 e. The molecule has 142 valence electrons. The molecule has 26 heavy (non-hydrogen) atoms. The summed E-state index contributed by atoms with van der Waals surface area (Å²) in [5.41, 5.74) is 0.892. The Bertz CT molecular complexity index is 626. The number of methoxy groups -OCH3 is 1. The van der Waals surface area contributed by atoms with Crippen molar-refractivity contribution in [1.82, 2.24) is 15.1 Å². The van der Waals surface area contributed by atoms with Crippen molar-refractivity contribution in [2.45, 2.75) is 44.2 Å². The van der Waals surface area contributed by atoms with Gasteiger partial charge in [0.25, 0.3) is 0 Å². The molecule has 6 heteroatoms. The highest BCUT2D eigenvalue weighted by atomic mass is 16.5. The fourth-order valence-electron chi connectivity index (χ4n) is 4.10. The lowest BCUT2D eigenvalue weighted by Gasteiger charge is -2.35. The average Bonchev–Trinajstić information content (AvgIpc) is 3.17. The maximum Gasteiger partial charge on any atom is 0.241 e. The summed E-state index contributed by atoms with van der Waals surface area (Å²) in [4.78, 5) is 29.8. The number of hydrogen-bond donors (Lipinski definition) is 1. The smallest absolute Gasteiger partial charge is 0.241 e. The molecule has 3 rings (SSSR count). The van der Waals surface area contributed by atoms with Crippen LogP contribution >= 0.6 is 0 Å². The second-order valence-electron chi connectivity index (χ2n) is 7.07. The molecule has 2 saturated heterocycles. The molecule has 1 aromatic rings. The normalized spacial score (nSPS) is 22.1. The molecule has 0 unspecified atom stereocenters. The van der Waals surface area contributed by atoms with E-state index in [1.807, 2.05) is 29.2 Å². The molecular weight excluding hydrogens is 330 g/mol. The lowest BCUT2D eigenvalue weighted by Crippen LogP contribution is -2.50. The minimum Gasteiger partial charge on any atom is -0.497 e. The molecule has 0 saturated carbocycles. The molecule has 0 spiro atoms. The van der Waals surface area contributed by atoms with Gasteiger partial charge in [0.05, 0.1) is 13.2 Å². The van der Waals surface area contributed by atoms with Crippen LogP contribution in [0.15, 0.2) is 24.3 Å².